The van der Waals surface area contributed by atoms with Gasteiger partial charge in [0.1, 0.15) is 5.54 Å². The average Bonchev–Trinajstić information content (AvgIpc) is 2.94. The van der Waals surface area contributed by atoms with Crippen molar-refractivity contribution in [1.29, 1.82) is 0 Å². The number of carbonyl (C=O) groups excluding carboxylic acids is 1. The summed E-state index contributed by atoms with van der Waals surface area (Å²) >= 11 is 0. The van der Waals surface area contributed by atoms with Crippen LogP contribution in [0.1, 0.15) is 47.5 Å². The third-order valence-corrected chi connectivity index (χ3v) is 5.02. The van der Waals surface area contributed by atoms with Crippen LogP contribution in [0.25, 0.3) is 0 Å². The normalized spacial score (nSPS) is 26.5. The van der Waals surface area contributed by atoms with E-state index < -0.39 is 11.1 Å². The largest absolute Gasteiger partial charge is 0.390 e. The van der Waals surface area contributed by atoms with E-state index >= 15 is 0 Å². The molecule has 124 valence electrons. The van der Waals surface area contributed by atoms with Gasteiger partial charge in [0.05, 0.1) is 5.60 Å². The molecule has 1 N–H and O–H groups in total. The molecule has 2 atom stereocenters. The average molecular weight is 306 g/mol. The van der Waals surface area contributed by atoms with Gasteiger partial charge in [-0.2, -0.15) is 0 Å². The van der Waals surface area contributed by atoms with Gasteiger partial charge in [-0.3, -0.25) is 4.79 Å². The van der Waals surface area contributed by atoms with Crippen LogP contribution in [0.3, 0.4) is 0 Å². The molecule has 22 heavy (non-hydrogen) atoms. The topological polar surface area (TPSA) is 45.5 Å². The lowest BCUT2D eigenvalue weighted by molar-refractivity contribution is -0.147. The summed E-state index contributed by atoms with van der Waals surface area (Å²) < 4.78 is 1.96. The van der Waals surface area contributed by atoms with Crippen LogP contribution in [0, 0.1) is 11.8 Å². The van der Waals surface area contributed by atoms with Crippen molar-refractivity contribution in [3.63, 3.8) is 0 Å². The summed E-state index contributed by atoms with van der Waals surface area (Å²) in [5.41, 5.74) is -1.26. The predicted octanol–water partition coefficient (Wildman–Crippen LogP) is 2.87. The van der Waals surface area contributed by atoms with Gasteiger partial charge in [0.2, 0.25) is 5.91 Å². The smallest absolute Gasteiger partial charge is 0.248 e. The molecule has 0 bridgehead atoms. The Labute approximate surface area is 134 Å². The number of nitrogens with zero attached hydrogens (tertiary/aromatic N) is 2. The van der Waals surface area contributed by atoms with E-state index in [1.807, 2.05) is 54.8 Å². The summed E-state index contributed by atoms with van der Waals surface area (Å²) in [5.74, 6) is 0.794. The highest BCUT2D eigenvalue weighted by Gasteiger charge is 2.42. The van der Waals surface area contributed by atoms with E-state index in [-0.39, 0.29) is 11.8 Å². The first-order valence-electron chi connectivity index (χ1n) is 8.30. The number of hydrogen-bond acceptors (Lipinski definition) is 2. The van der Waals surface area contributed by atoms with E-state index in [0.717, 1.165) is 6.42 Å². The number of aromatic nitrogens is 1. The fourth-order valence-corrected chi connectivity index (χ4v) is 3.41. The number of likely N-dealkylation sites (tertiary alicyclic amines) is 1. The molecule has 1 aliphatic heterocycles. The Hall–Kier alpha value is -1.29. The first kappa shape index (κ1) is 17.1. The summed E-state index contributed by atoms with van der Waals surface area (Å²) in [6.07, 6.45) is 5.46. The van der Waals surface area contributed by atoms with Gasteiger partial charge in [-0.1, -0.05) is 13.8 Å². The van der Waals surface area contributed by atoms with Gasteiger partial charge >= 0.3 is 0 Å². The number of amides is 1. The minimum Gasteiger partial charge on any atom is -0.390 e. The second kappa shape index (κ2) is 6.07. The molecule has 0 spiro atoms. The Morgan fingerprint density at radius 2 is 1.95 bits per heavy atom. The fourth-order valence-electron chi connectivity index (χ4n) is 3.41. The van der Waals surface area contributed by atoms with Gasteiger partial charge in [0.15, 0.2) is 0 Å². The highest BCUT2D eigenvalue weighted by Crippen LogP contribution is 2.34. The van der Waals surface area contributed by atoms with E-state index in [1.165, 1.54) is 0 Å². The van der Waals surface area contributed by atoms with Crippen LogP contribution in [0.2, 0.25) is 0 Å². The van der Waals surface area contributed by atoms with Crippen molar-refractivity contribution < 1.29 is 9.90 Å². The molecule has 0 unspecified atom stereocenters. The van der Waals surface area contributed by atoms with Gasteiger partial charge in [0.25, 0.3) is 0 Å². The highest BCUT2D eigenvalue weighted by molar-refractivity contribution is 5.84. The van der Waals surface area contributed by atoms with Gasteiger partial charge < -0.3 is 14.6 Å². The number of hydrogen-bond donors (Lipinski definition) is 1. The van der Waals surface area contributed by atoms with Crippen molar-refractivity contribution in [2.45, 2.75) is 58.6 Å². The quantitative estimate of drug-likeness (QED) is 0.929. The summed E-state index contributed by atoms with van der Waals surface area (Å²) in [6, 6.07) is 3.88. The van der Waals surface area contributed by atoms with Crippen molar-refractivity contribution in [2.75, 3.05) is 13.1 Å². The van der Waals surface area contributed by atoms with Crippen LogP contribution >= 0.6 is 0 Å². The molecule has 2 rings (SSSR count). The predicted molar refractivity (Wildman–Crippen MR) is 88.5 cm³/mol. The van der Waals surface area contributed by atoms with Crippen molar-refractivity contribution >= 4 is 5.91 Å². The van der Waals surface area contributed by atoms with Crippen LogP contribution < -0.4 is 0 Å². The summed E-state index contributed by atoms with van der Waals surface area (Å²) in [5, 5.41) is 10.6. The number of carbonyl (C=O) groups is 1. The van der Waals surface area contributed by atoms with E-state index in [0.29, 0.717) is 25.4 Å². The van der Waals surface area contributed by atoms with Crippen LogP contribution in [0.15, 0.2) is 24.5 Å². The molecule has 0 radical (unpaired) electrons. The maximum atomic E-state index is 13.0. The molecule has 2 heterocycles. The maximum Gasteiger partial charge on any atom is 0.248 e. The molecule has 1 amide bonds. The van der Waals surface area contributed by atoms with Crippen molar-refractivity contribution in [3.05, 3.63) is 24.5 Å². The summed E-state index contributed by atoms with van der Waals surface area (Å²) in [7, 11) is 0. The van der Waals surface area contributed by atoms with Gasteiger partial charge in [-0.05, 0) is 51.7 Å². The van der Waals surface area contributed by atoms with E-state index in [9.17, 15) is 9.90 Å². The second-order valence-corrected chi connectivity index (χ2v) is 7.83. The molecule has 1 fully saturated rings. The first-order valence-corrected chi connectivity index (χ1v) is 8.30. The maximum absolute atomic E-state index is 13.0. The summed E-state index contributed by atoms with van der Waals surface area (Å²) in [6.45, 7) is 11.4. The van der Waals surface area contributed by atoms with E-state index in [1.54, 1.807) is 0 Å². The molecule has 0 saturated carbocycles. The Balaban J connectivity index is 2.14. The molecule has 0 aromatic carbocycles. The molecule has 1 saturated heterocycles. The monoisotopic (exact) mass is 306 g/mol. The van der Waals surface area contributed by atoms with Crippen LogP contribution in [-0.2, 0) is 10.3 Å². The lowest BCUT2D eigenvalue weighted by Crippen LogP contribution is -2.56. The van der Waals surface area contributed by atoms with E-state index in [4.69, 9.17) is 0 Å². The fraction of sp³-hybridized carbons (Fsp3) is 0.722. The Kier molecular flexibility index (Phi) is 4.71. The molecule has 1 aliphatic rings. The van der Waals surface area contributed by atoms with Crippen molar-refractivity contribution in [3.8, 4) is 0 Å². The van der Waals surface area contributed by atoms with Crippen molar-refractivity contribution in [2.24, 2.45) is 11.8 Å². The third kappa shape index (κ3) is 3.37. The summed E-state index contributed by atoms with van der Waals surface area (Å²) in [4.78, 5) is 14.9. The van der Waals surface area contributed by atoms with Crippen molar-refractivity contribution in [1.82, 2.24) is 9.47 Å². The SMILES string of the molecule is CC(C)C[C@H]1CN(C(=O)C(C)(C)n2cccc2)CC[C@@]1(C)O. The number of rotatable bonds is 4. The molecular formula is C18H30N2O2. The van der Waals surface area contributed by atoms with Crippen LogP contribution in [0.5, 0.6) is 0 Å². The zero-order chi connectivity index (χ0) is 16.5. The lowest BCUT2D eigenvalue weighted by atomic mass is 9.77. The minimum atomic E-state index is -0.668. The molecule has 4 heteroatoms. The minimum absolute atomic E-state index is 0.132. The molecule has 0 aliphatic carbocycles. The van der Waals surface area contributed by atoms with Crippen LogP contribution in [-0.4, -0.2) is 39.2 Å². The number of piperidine rings is 1. The molecule has 1 aromatic heterocycles. The Morgan fingerprint density at radius 1 is 1.36 bits per heavy atom. The highest BCUT2D eigenvalue weighted by atomic mass is 16.3. The second-order valence-electron chi connectivity index (χ2n) is 7.83. The zero-order valence-electron chi connectivity index (χ0n) is 14.5. The first-order chi connectivity index (χ1) is 10.1. The van der Waals surface area contributed by atoms with Gasteiger partial charge in [-0.25, -0.2) is 0 Å². The molecule has 4 nitrogen and oxygen atoms in total. The number of aliphatic hydroxyl groups is 1. The van der Waals surface area contributed by atoms with Gasteiger partial charge in [-0.15, -0.1) is 0 Å². The standard InChI is InChI=1S/C18H30N2O2/c1-14(2)12-15-13-19(11-8-18(15,5)22)16(21)17(3,4)20-9-6-7-10-20/h6-7,9-10,14-15,22H,8,11-13H2,1-5H3/t15-,18+/m0/s1. The van der Waals surface area contributed by atoms with Crippen LogP contribution in [0.4, 0.5) is 0 Å². The van der Waals surface area contributed by atoms with E-state index in [2.05, 4.69) is 13.8 Å². The Bertz CT molecular complexity index is 503. The van der Waals surface area contributed by atoms with Gasteiger partial charge in [0, 0.05) is 31.4 Å². The Morgan fingerprint density at radius 3 is 2.50 bits per heavy atom. The molecule has 1 aromatic rings. The third-order valence-electron chi connectivity index (χ3n) is 5.02. The lowest BCUT2D eigenvalue weighted by Gasteiger charge is -2.45. The molecular weight excluding hydrogens is 276 g/mol. The zero-order valence-corrected chi connectivity index (χ0v) is 14.5.